The van der Waals surface area contributed by atoms with Crippen LogP contribution in [0.15, 0.2) is 24.3 Å². The quantitative estimate of drug-likeness (QED) is 0.790. The molecule has 0 aromatic heterocycles. The second kappa shape index (κ2) is 7.41. The summed E-state index contributed by atoms with van der Waals surface area (Å²) in [6.45, 7) is 7.55. The Labute approximate surface area is 103 Å². The van der Waals surface area contributed by atoms with Crippen molar-refractivity contribution in [2.75, 3.05) is 13.2 Å². The van der Waals surface area contributed by atoms with Gasteiger partial charge in [0.25, 0.3) is 0 Å². The van der Waals surface area contributed by atoms with Gasteiger partial charge >= 0.3 is 0 Å². The molecule has 0 aliphatic rings. The van der Waals surface area contributed by atoms with Gasteiger partial charge in [-0.05, 0) is 38.8 Å². The number of rotatable bonds is 7. The highest BCUT2D eigenvalue weighted by Crippen LogP contribution is 2.09. The molecule has 2 unspecified atom stereocenters. The predicted octanol–water partition coefficient (Wildman–Crippen LogP) is 2.77. The van der Waals surface area contributed by atoms with E-state index in [1.165, 1.54) is 6.07 Å². The number of hydrogen-bond donors (Lipinski definition) is 1. The number of ether oxygens (including phenoxy) is 1. The van der Waals surface area contributed by atoms with Crippen LogP contribution < -0.4 is 5.32 Å². The highest BCUT2D eigenvalue weighted by atomic mass is 19.1. The number of benzene rings is 1. The maximum absolute atomic E-state index is 13.4. The Bertz CT molecular complexity index is 330. The van der Waals surface area contributed by atoms with Crippen LogP contribution in [0.1, 0.15) is 26.3 Å². The van der Waals surface area contributed by atoms with Crippen LogP contribution in [0.4, 0.5) is 4.39 Å². The maximum atomic E-state index is 13.4. The van der Waals surface area contributed by atoms with Crippen LogP contribution in [0, 0.1) is 5.82 Å². The molecule has 0 amide bonds. The smallest absolute Gasteiger partial charge is 0.126 e. The summed E-state index contributed by atoms with van der Waals surface area (Å²) < 4.78 is 18.8. The fraction of sp³-hybridized carbons (Fsp3) is 0.571. The Morgan fingerprint density at radius 2 is 1.94 bits per heavy atom. The van der Waals surface area contributed by atoms with Gasteiger partial charge in [-0.1, -0.05) is 18.2 Å². The average Bonchev–Trinajstić information content (AvgIpc) is 2.29. The minimum atomic E-state index is -0.126. The second-order valence-electron chi connectivity index (χ2n) is 4.42. The van der Waals surface area contributed by atoms with Crippen molar-refractivity contribution in [2.24, 2.45) is 0 Å². The fourth-order valence-corrected chi connectivity index (χ4v) is 1.88. The van der Waals surface area contributed by atoms with E-state index in [1.807, 2.05) is 19.1 Å². The lowest BCUT2D eigenvalue weighted by atomic mass is 10.1. The van der Waals surface area contributed by atoms with Gasteiger partial charge in [0, 0.05) is 18.7 Å². The summed E-state index contributed by atoms with van der Waals surface area (Å²) in [5.74, 6) is -0.126. The zero-order valence-electron chi connectivity index (χ0n) is 10.9. The van der Waals surface area contributed by atoms with Gasteiger partial charge < -0.3 is 10.1 Å². The van der Waals surface area contributed by atoms with Crippen LogP contribution in [0.5, 0.6) is 0 Å². The molecule has 2 atom stereocenters. The first-order chi connectivity index (χ1) is 8.13. The summed E-state index contributed by atoms with van der Waals surface area (Å²) in [5.41, 5.74) is 0.760. The van der Waals surface area contributed by atoms with Crippen molar-refractivity contribution < 1.29 is 9.13 Å². The number of nitrogens with one attached hydrogen (secondary N) is 1. The van der Waals surface area contributed by atoms with Crippen LogP contribution in [0.2, 0.25) is 0 Å². The molecule has 1 aromatic rings. The van der Waals surface area contributed by atoms with Crippen LogP contribution in [0.25, 0.3) is 0 Å². The molecule has 0 saturated heterocycles. The van der Waals surface area contributed by atoms with Gasteiger partial charge in [0.2, 0.25) is 0 Å². The lowest BCUT2D eigenvalue weighted by Crippen LogP contribution is -2.38. The topological polar surface area (TPSA) is 21.3 Å². The van der Waals surface area contributed by atoms with Crippen molar-refractivity contribution in [1.82, 2.24) is 5.32 Å². The first-order valence-electron chi connectivity index (χ1n) is 6.20. The van der Waals surface area contributed by atoms with E-state index in [9.17, 15) is 4.39 Å². The van der Waals surface area contributed by atoms with Gasteiger partial charge in [-0.2, -0.15) is 0 Å². The normalized spacial score (nSPS) is 14.6. The standard InChI is InChI=1S/C14H22FNO/c1-4-17-10-12(3)16-11(2)9-13-7-5-6-8-14(13)15/h5-8,11-12,16H,4,9-10H2,1-3H3. The third kappa shape index (κ3) is 5.29. The third-order valence-corrected chi connectivity index (χ3v) is 2.62. The van der Waals surface area contributed by atoms with E-state index in [2.05, 4.69) is 19.2 Å². The third-order valence-electron chi connectivity index (χ3n) is 2.62. The van der Waals surface area contributed by atoms with Crippen LogP contribution in [-0.2, 0) is 11.2 Å². The first-order valence-corrected chi connectivity index (χ1v) is 6.20. The van der Waals surface area contributed by atoms with Crippen molar-refractivity contribution >= 4 is 0 Å². The Hall–Kier alpha value is -0.930. The molecule has 0 fully saturated rings. The predicted molar refractivity (Wildman–Crippen MR) is 68.7 cm³/mol. The van der Waals surface area contributed by atoms with Crippen LogP contribution >= 0.6 is 0 Å². The van der Waals surface area contributed by atoms with E-state index >= 15 is 0 Å². The molecule has 0 heterocycles. The van der Waals surface area contributed by atoms with Crippen molar-refractivity contribution in [3.8, 4) is 0 Å². The SMILES string of the molecule is CCOCC(C)NC(C)Cc1ccccc1F. The van der Waals surface area contributed by atoms with E-state index in [1.54, 1.807) is 6.07 Å². The molecule has 1 rings (SSSR count). The highest BCUT2D eigenvalue weighted by molar-refractivity contribution is 5.18. The molecule has 0 bridgehead atoms. The minimum Gasteiger partial charge on any atom is -0.380 e. The molecule has 0 aliphatic heterocycles. The van der Waals surface area contributed by atoms with E-state index < -0.39 is 0 Å². The monoisotopic (exact) mass is 239 g/mol. The van der Waals surface area contributed by atoms with Gasteiger partial charge in [0.15, 0.2) is 0 Å². The number of hydrogen-bond acceptors (Lipinski definition) is 2. The van der Waals surface area contributed by atoms with Crippen molar-refractivity contribution in [1.29, 1.82) is 0 Å². The molecular weight excluding hydrogens is 217 g/mol. The molecule has 96 valence electrons. The molecule has 0 spiro atoms. The van der Waals surface area contributed by atoms with Gasteiger partial charge in [0.1, 0.15) is 5.82 Å². The molecule has 0 radical (unpaired) electrons. The van der Waals surface area contributed by atoms with Crippen molar-refractivity contribution in [2.45, 2.75) is 39.3 Å². The largest absolute Gasteiger partial charge is 0.380 e. The van der Waals surface area contributed by atoms with Crippen LogP contribution in [-0.4, -0.2) is 25.3 Å². The summed E-state index contributed by atoms with van der Waals surface area (Å²) in [7, 11) is 0. The van der Waals surface area contributed by atoms with Gasteiger partial charge in [-0.25, -0.2) is 4.39 Å². The van der Waals surface area contributed by atoms with Gasteiger partial charge in [-0.3, -0.25) is 0 Å². The molecule has 3 heteroatoms. The van der Waals surface area contributed by atoms with Gasteiger partial charge in [0.05, 0.1) is 6.61 Å². The fourth-order valence-electron chi connectivity index (χ4n) is 1.88. The lowest BCUT2D eigenvalue weighted by molar-refractivity contribution is 0.124. The molecule has 0 saturated carbocycles. The molecule has 1 aromatic carbocycles. The molecule has 0 aliphatic carbocycles. The lowest BCUT2D eigenvalue weighted by Gasteiger charge is -2.20. The zero-order chi connectivity index (χ0) is 12.7. The zero-order valence-corrected chi connectivity index (χ0v) is 10.9. The maximum Gasteiger partial charge on any atom is 0.126 e. The Morgan fingerprint density at radius 3 is 2.59 bits per heavy atom. The molecule has 1 N–H and O–H groups in total. The van der Waals surface area contributed by atoms with E-state index in [0.29, 0.717) is 13.0 Å². The Balaban J connectivity index is 2.39. The number of halogens is 1. The summed E-state index contributed by atoms with van der Waals surface area (Å²) in [6, 6.07) is 7.45. The Kier molecular flexibility index (Phi) is 6.16. The van der Waals surface area contributed by atoms with E-state index in [-0.39, 0.29) is 17.9 Å². The van der Waals surface area contributed by atoms with Crippen LogP contribution in [0.3, 0.4) is 0 Å². The highest BCUT2D eigenvalue weighted by Gasteiger charge is 2.10. The summed E-state index contributed by atoms with van der Waals surface area (Å²) in [6.07, 6.45) is 0.698. The second-order valence-corrected chi connectivity index (χ2v) is 4.42. The molecular formula is C14H22FNO. The summed E-state index contributed by atoms with van der Waals surface area (Å²) in [5, 5.41) is 3.40. The average molecular weight is 239 g/mol. The molecule has 2 nitrogen and oxygen atoms in total. The molecule has 17 heavy (non-hydrogen) atoms. The van der Waals surface area contributed by atoms with E-state index in [0.717, 1.165) is 12.2 Å². The first kappa shape index (κ1) is 14.1. The van der Waals surface area contributed by atoms with Crippen molar-refractivity contribution in [3.63, 3.8) is 0 Å². The summed E-state index contributed by atoms with van der Waals surface area (Å²) in [4.78, 5) is 0. The minimum absolute atomic E-state index is 0.126. The summed E-state index contributed by atoms with van der Waals surface area (Å²) >= 11 is 0. The Morgan fingerprint density at radius 1 is 1.24 bits per heavy atom. The van der Waals surface area contributed by atoms with Crippen molar-refractivity contribution in [3.05, 3.63) is 35.6 Å². The van der Waals surface area contributed by atoms with E-state index in [4.69, 9.17) is 4.74 Å². The van der Waals surface area contributed by atoms with Gasteiger partial charge in [-0.15, -0.1) is 0 Å².